The van der Waals surface area contributed by atoms with Gasteiger partial charge in [-0.25, -0.2) is 0 Å². The minimum absolute atomic E-state index is 0.0256. The monoisotopic (exact) mass is 221 g/mol. The summed E-state index contributed by atoms with van der Waals surface area (Å²) in [6.45, 7) is 1.92. The summed E-state index contributed by atoms with van der Waals surface area (Å²) in [5.41, 5.74) is 0.723. The standard InChI is InChI=1S/C12H12ClNO/c1-2-3-12(15)11(8-14)9-4-6-10(13)7-5-9/h4-7,11H,2-3H2,1H3/t11-/m0/s1. The zero-order valence-corrected chi connectivity index (χ0v) is 9.29. The molecule has 0 saturated heterocycles. The number of Topliss-reactive ketones (excluding diaryl/α,β-unsaturated/α-hetero) is 1. The zero-order chi connectivity index (χ0) is 11.3. The van der Waals surface area contributed by atoms with E-state index in [1.165, 1.54) is 0 Å². The first-order chi connectivity index (χ1) is 7.19. The van der Waals surface area contributed by atoms with Crippen LogP contribution in [0.25, 0.3) is 0 Å². The second-order valence-electron chi connectivity index (χ2n) is 3.33. The second-order valence-corrected chi connectivity index (χ2v) is 3.77. The van der Waals surface area contributed by atoms with E-state index in [4.69, 9.17) is 16.9 Å². The lowest BCUT2D eigenvalue weighted by molar-refractivity contribution is -0.119. The van der Waals surface area contributed by atoms with Crippen molar-refractivity contribution in [3.63, 3.8) is 0 Å². The summed E-state index contributed by atoms with van der Waals surface area (Å²) in [4.78, 5) is 11.6. The predicted molar refractivity (Wildman–Crippen MR) is 59.7 cm³/mol. The van der Waals surface area contributed by atoms with E-state index in [-0.39, 0.29) is 5.78 Å². The topological polar surface area (TPSA) is 40.9 Å². The molecule has 0 unspecified atom stereocenters. The number of nitriles is 1. The molecule has 3 heteroatoms. The van der Waals surface area contributed by atoms with Crippen molar-refractivity contribution in [2.24, 2.45) is 0 Å². The Hall–Kier alpha value is -1.33. The van der Waals surface area contributed by atoms with E-state index in [1.807, 2.05) is 13.0 Å². The quantitative estimate of drug-likeness (QED) is 0.783. The minimum Gasteiger partial charge on any atom is -0.298 e. The van der Waals surface area contributed by atoms with E-state index in [9.17, 15) is 4.79 Å². The van der Waals surface area contributed by atoms with Crippen molar-refractivity contribution in [3.05, 3.63) is 34.9 Å². The highest BCUT2D eigenvalue weighted by Gasteiger charge is 2.18. The van der Waals surface area contributed by atoms with Gasteiger partial charge in [-0.2, -0.15) is 5.26 Å². The van der Waals surface area contributed by atoms with Gasteiger partial charge in [-0.05, 0) is 24.1 Å². The molecule has 1 aromatic carbocycles. The molecule has 0 amide bonds. The maximum Gasteiger partial charge on any atom is 0.154 e. The number of hydrogen-bond donors (Lipinski definition) is 0. The van der Waals surface area contributed by atoms with Crippen LogP contribution in [0.4, 0.5) is 0 Å². The number of benzene rings is 1. The number of halogens is 1. The van der Waals surface area contributed by atoms with Gasteiger partial charge in [0.05, 0.1) is 6.07 Å². The van der Waals surface area contributed by atoms with E-state index in [2.05, 4.69) is 0 Å². The van der Waals surface area contributed by atoms with Crippen molar-refractivity contribution in [1.29, 1.82) is 5.26 Å². The van der Waals surface area contributed by atoms with Crippen LogP contribution in [0.2, 0.25) is 5.02 Å². The first-order valence-corrected chi connectivity index (χ1v) is 5.24. The van der Waals surface area contributed by atoms with Crippen molar-refractivity contribution in [3.8, 4) is 6.07 Å². The third-order valence-electron chi connectivity index (χ3n) is 2.15. The summed E-state index contributed by atoms with van der Waals surface area (Å²) in [6, 6.07) is 8.87. The number of carbonyl (C=O) groups is 1. The summed E-state index contributed by atoms with van der Waals surface area (Å²) in [6.07, 6.45) is 1.21. The van der Waals surface area contributed by atoms with Gasteiger partial charge in [0.2, 0.25) is 0 Å². The Labute approximate surface area is 94.5 Å². The summed E-state index contributed by atoms with van der Waals surface area (Å²) in [7, 11) is 0. The summed E-state index contributed by atoms with van der Waals surface area (Å²) < 4.78 is 0. The Kier molecular flexibility index (Phi) is 4.33. The molecule has 1 rings (SSSR count). The van der Waals surface area contributed by atoms with Gasteiger partial charge < -0.3 is 0 Å². The predicted octanol–water partition coefficient (Wildman–Crippen LogP) is 3.32. The van der Waals surface area contributed by atoms with Gasteiger partial charge in [0, 0.05) is 11.4 Å². The molecule has 0 fully saturated rings. The van der Waals surface area contributed by atoms with E-state index in [1.54, 1.807) is 24.3 Å². The Morgan fingerprint density at radius 1 is 1.47 bits per heavy atom. The normalized spacial score (nSPS) is 11.8. The third-order valence-corrected chi connectivity index (χ3v) is 2.40. The molecule has 2 nitrogen and oxygen atoms in total. The van der Waals surface area contributed by atoms with Crippen molar-refractivity contribution < 1.29 is 4.79 Å². The Balaban J connectivity index is 2.89. The van der Waals surface area contributed by atoms with Crippen molar-refractivity contribution >= 4 is 17.4 Å². The molecular formula is C12H12ClNO. The van der Waals surface area contributed by atoms with Crippen LogP contribution in [0.1, 0.15) is 31.2 Å². The first-order valence-electron chi connectivity index (χ1n) is 4.86. The molecule has 0 heterocycles. The highest BCUT2D eigenvalue weighted by molar-refractivity contribution is 6.30. The Bertz CT molecular complexity index is 378. The number of rotatable bonds is 4. The molecular weight excluding hydrogens is 210 g/mol. The van der Waals surface area contributed by atoms with Crippen molar-refractivity contribution in [2.45, 2.75) is 25.7 Å². The van der Waals surface area contributed by atoms with Crippen LogP contribution in [-0.4, -0.2) is 5.78 Å². The molecule has 1 aromatic rings. The molecule has 1 atom stereocenters. The van der Waals surface area contributed by atoms with E-state index >= 15 is 0 Å². The fourth-order valence-corrected chi connectivity index (χ4v) is 1.50. The number of nitrogens with zero attached hydrogens (tertiary/aromatic N) is 1. The van der Waals surface area contributed by atoms with Crippen LogP contribution < -0.4 is 0 Å². The SMILES string of the molecule is CCCC(=O)[C@@H](C#N)c1ccc(Cl)cc1. The summed E-state index contributed by atoms with van der Waals surface area (Å²) in [5.74, 6) is -0.676. The molecule has 0 aliphatic heterocycles. The Morgan fingerprint density at radius 3 is 2.53 bits per heavy atom. The van der Waals surface area contributed by atoms with Gasteiger partial charge in [-0.1, -0.05) is 30.7 Å². The average molecular weight is 222 g/mol. The van der Waals surface area contributed by atoms with Crippen LogP contribution in [0.15, 0.2) is 24.3 Å². The lowest BCUT2D eigenvalue weighted by Crippen LogP contribution is -2.09. The van der Waals surface area contributed by atoms with Crippen LogP contribution in [0, 0.1) is 11.3 Å². The van der Waals surface area contributed by atoms with E-state index in [0.29, 0.717) is 11.4 Å². The van der Waals surface area contributed by atoms with Gasteiger partial charge in [0.25, 0.3) is 0 Å². The van der Waals surface area contributed by atoms with E-state index < -0.39 is 5.92 Å². The summed E-state index contributed by atoms with van der Waals surface area (Å²) in [5, 5.41) is 9.55. The summed E-state index contributed by atoms with van der Waals surface area (Å²) >= 11 is 5.73. The number of carbonyl (C=O) groups excluding carboxylic acids is 1. The lowest BCUT2D eigenvalue weighted by Gasteiger charge is -2.07. The van der Waals surface area contributed by atoms with Crippen molar-refractivity contribution in [1.82, 2.24) is 0 Å². The molecule has 78 valence electrons. The largest absolute Gasteiger partial charge is 0.298 e. The minimum atomic E-state index is -0.651. The smallest absolute Gasteiger partial charge is 0.154 e. The molecule has 0 radical (unpaired) electrons. The van der Waals surface area contributed by atoms with Crippen LogP contribution >= 0.6 is 11.6 Å². The fraction of sp³-hybridized carbons (Fsp3) is 0.333. The molecule has 0 saturated carbocycles. The highest BCUT2D eigenvalue weighted by atomic mass is 35.5. The van der Waals surface area contributed by atoms with Crippen LogP contribution in [0.5, 0.6) is 0 Å². The van der Waals surface area contributed by atoms with Crippen molar-refractivity contribution in [2.75, 3.05) is 0 Å². The molecule has 0 spiro atoms. The van der Waals surface area contributed by atoms with Gasteiger partial charge in [-0.15, -0.1) is 0 Å². The maximum absolute atomic E-state index is 11.6. The molecule has 0 bridgehead atoms. The molecule has 0 N–H and O–H groups in total. The van der Waals surface area contributed by atoms with Gasteiger partial charge in [-0.3, -0.25) is 4.79 Å². The van der Waals surface area contributed by atoms with Gasteiger partial charge in [0.15, 0.2) is 5.78 Å². The van der Waals surface area contributed by atoms with Crippen LogP contribution in [0.3, 0.4) is 0 Å². The number of hydrogen-bond acceptors (Lipinski definition) is 2. The second kappa shape index (κ2) is 5.53. The zero-order valence-electron chi connectivity index (χ0n) is 8.53. The highest BCUT2D eigenvalue weighted by Crippen LogP contribution is 2.20. The van der Waals surface area contributed by atoms with E-state index in [0.717, 1.165) is 12.0 Å². The molecule has 0 aliphatic rings. The molecule has 15 heavy (non-hydrogen) atoms. The Morgan fingerprint density at radius 2 is 2.07 bits per heavy atom. The number of ketones is 1. The van der Waals surface area contributed by atoms with Gasteiger partial charge in [0.1, 0.15) is 5.92 Å². The van der Waals surface area contributed by atoms with Crippen LogP contribution in [-0.2, 0) is 4.79 Å². The molecule has 0 aromatic heterocycles. The fourth-order valence-electron chi connectivity index (χ4n) is 1.38. The first kappa shape index (κ1) is 11.7. The molecule has 0 aliphatic carbocycles. The average Bonchev–Trinajstić information content (AvgIpc) is 2.22. The third kappa shape index (κ3) is 3.07. The maximum atomic E-state index is 11.6. The van der Waals surface area contributed by atoms with Gasteiger partial charge >= 0.3 is 0 Å². The lowest BCUT2D eigenvalue weighted by atomic mass is 9.94.